The van der Waals surface area contributed by atoms with Crippen LogP contribution in [0.15, 0.2) is 24.3 Å². The molecule has 1 aromatic rings. The fourth-order valence-corrected chi connectivity index (χ4v) is 1.42. The summed E-state index contributed by atoms with van der Waals surface area (Å²) in [5.41, 5.74) is 3.83. The van der Waals surface area contributed by atoms with E-state index in [4.69, 9.17) is 12.2 Å². The van der Waals surface area contributed by atoms with Gasteiger partial charge in [-0.05, 0) is 18.2 Å². The Morgan fingerprint density at radius 3 is 2.55 bits per heavy atom. The van der Waals surface area contributed by atoms with Crippen molar-refractivity contribution in [2.45, 2.75) is 18.6 Å². The van der Waals surface area contributed by atoms with Gasteiger partial charge in [-0.3, -0.25) is 9.59 Å². The number of hydrogen-bond donors (Lipinski definition) is 2. The van der Waals surface area contributed by atoms with Gasteiger partial charge in [0.2, 0.25) is 5.91 Å². The lowest BCUT2D eigenvalue weighted by Gasteiger charge is -2.13. The summed E-state index contributed by atoms with van der Waals surface area (Å²) < 4.78 is 37.5. The number of primary amides is 1. The number of halogens is 3. The van der Waals surface area contributed by atoms with E-state index in [1.165, 1.54) is 6.07 Å². The molecule has 2 amide bonds. The summed E-state index contributed by atoms with van der Waals surface area (Å²) in [6.07, 6.45) is 0.309. The highest BCUT2D eigenvalue weighted by Gasteiger charge is 2.31. The average Bonchev–Trinajstić information content (AvgIpc) is 2.37. The lowest BCUT2D eigenvalue weighted by atomic mass is 10.1. The quantitative estimate of drug-likeness (QED) is 0.818. The second-order valence-electron chi connectivity index (χ2n) is 3.92. The topological polar surface area (TPSA) is 72.2 Å². The second-order valence-corrected chi connectivity index (χ2v) is 3.92. The molecule has 0 aliphatic heterocycles. The van der Waals surface area contributed by atoms with Crippen molar-refractivity contribution in [2.24, 2.45) is 5.73 Å². The summed E-state index contributed by atoms with van der Waals surface area (Å²) in [4.78, 5) is 22.8. The summed E-state index contributed by atoms with van der Waals surface area (Å²) in [5, 5.41) is 2.19. The Labute approximate surface area is 113 Å². The van der Waals surface area contributed by atoms with Crippen molar-refractivity contribution in [1.82, 2.24) is 5.32 Å². The molecule has 0 fully saturated rings. The molecule has 1 aromatic carbocycles. The van der Waals surface area contributed by atoms with Gasteiger partial charge in [-0.1, -0.05) is 6.07 Å². The lowest BCUT2D eigenvalue weighted by molar-refractivity contribution is -0.137. The predicted octanol–water partition coefficient (Wildman–Crippen LogP) is 1.31. The monoisotopic (exact) mass is 284 g/mol. The van der Waals surface area contributed by atoms with Crippen LogP contribution >= 0.6 is 0 Å². The third-order valence-corrected chi connectivity index (χ3v) is 2.42. The number of rotatable bonds is 4. The van der Waals surface area contributed by atoms with Crippen LogP contribution in [0.2, 0.25) is 0 Å². The van der Waals surface area contributed by atoms with E-state index in [2.05, 4.69) is 11.2 Å². The lowest BCUT2D eigenvalue weighted by Crippen LogP contribution is -2.44. The normalized spacial score (nSPS) is 12.3. The molecule has 4 nitrogen and oxygen atoms in total. The van der Waals surface area contributed by atoms with Gasteiger partial charge in [-0.2, -0.15) is 13.2 Å². The molecule has 106 valence electrons. The standard InChI is InChI=1S/C13H11F3N2O2/c1-2-4-10(11(17)19)18-12(20)8-5-3-6-9(7-8)13(14,15)16/h1,3,5-7,10H,4H2,(H2,17,19)(H,18,20)/t10-/m1/s1. The molecule has 0 spiro atoms. The minimum Gasteiger partial charge on any atom is -0.368 e. The molecule has 1 atom stereocenters. The molecular formula is C13H11F3N2O2. The van der Waals surface area contributed by atoms with E-state index in [1.807, 2.05) is 0 Å². The Morgan fingerprint density at radius 2 is 2.05 bits per heavy atom. The Hall–Kier alpha value is -2.49. The number of nitrogens with one attached hydrogen (secondary N) is 1. The molecule has 0 heterocycles. The van der Waals surface area contributed by atoms with Gasteiger partial charge < -0.3 is 11.1 Å². The maximum absolute atomic E-state index is 12.5. The van der Waals surface area contributed by atoms with Gasteiger partial charge in [0.25, 0.3) is 5.91 Å². The van der Waals surface area contributed by atoms with Gasteiger partial charge in [0, 0.05) is 12.0 Å². The fourth-order valence-electron chi connectivity index (χ4n) is 1.42. The zero-order valence-corrected chi connectivity index (χ0v) is 10.2. The molecule has 0 saturated heterocycles. The third kappa shape index (κ3) is 4.02. The molecule has 1 rings (SSSR count). The van der Waals surface area contributed by atoms with Crippen molar-refractivity contribution in [3.63, 3.8) is 0 Å². The highest BCUT2D eigenvalue weighted by atomic mass is 19.4. The first kappa shape index (κ1) is 15.6. The van der Waals surface area contributed by atoms with Gasteiger partial charge in [-0.25, -0.2) is 0 Å². The van der Waals surface area contributed by atoms with E-state index >= 15 is 0 Å². The van der Waals surface area contributed by atoms with Crippen LogP contribution in [0.5, 0.6) is 0 Å². The minimum atomic E-state index is -4.56. The zero-order chi connectivity index (χ0) is 15.3. The molecule has 0 unspecified atom stereocenters. The van der Waals surface area contributed by atoms with Crippen molar-refractivity contribution in [3.8, 4) is 12.3 Å². The zero-order valence-electron chi connectivity index (χ0n) is 10.2. The number of amides is 2. The second kappa shape index (κ2) is 6.10. The molecular weight excluding hydrogens is 273 g/mol. The smallest absolute Gasteiger partial charge is 0.368 e. The van der Waals surface area contributed by atoms with Crippen molar-refractivity contribution in [3.05, 3.63) is 35.4 Å². The van der Waals surface area contributed by atoms with Crippen LogP contribution in [-0.2, 0) is 11.0 Å². The number of terminal acetylenes is 1. The van der Waals surface area contributed by atoms with Gasteiger partial charge in [0.15, 0.2) is 0 Å². The predicted molar refractivity (Wildman–Crippen MR) is 65.3 cm³/mol. The van der Waals surface area contributed by atoms with Crippen LogP contribution in [0.1, 0.15) is 22.3 Å². The van der Waals surface area contributed by atoms with Crippen molar-refractivity contribution < 1.29 is 22.8 Å². The minimum absolute atomic E-state index is 0.139. The van der Waals surface area contributed by atoms with Crippen LogP contribution in [0.4, 0.5) is 13.2 Å². The van der Waals surface area contributed by atoms with E-state index in [1.54, 1.807) is 0 Å². The summed E-state index contributed by atoms with van der Waals surface area (Å²) in [6.45, 7) is 0. The first-order chi connectivity index (χ1) is 9.25. The van der Waals surface area contributed by atoms with Crippen LogP contribution in [-0.4, -0.2) is 17.9 Å². The van der Waals surface area contributed by atoms with Crippen LogP contribution in [0.25, 0.3) is 0 Å². The van der Waals surface area contributed by atoms with E-state index in [0.29, 0.717) is 6.07 Å². The van der Waals surface area contributed by atoms with Gasteiger partial charge in [0.05, 0.1) is 5.56 Å². The van der Waals surface area contributed by atoms with Crippen molar-refractivity contribution in [1.29, 1.82) is 0 Å². The number of carbonyl (C=O) groups is 2. The molecule has 0 aliphatic rings. The molecule has 0 aliphatic carbocycles. The van der Waals surface area contributed by atoms with Crippen LogP contribution < -0.4 is 11.1 Å². The first-order valence-electron chi connectivity index (χ1n) is 5.46. The number of hydrogen-bond acceptors (Lipinski definition) is 2. The number of nitrogens with two attached hydrogens (primary N) is 1. The van der Waals surface area contributed by atoms with E-state index in [-0.39, 0.29) is 12.0 Å². The van der Waals surface area contributed by atoms with E-state index < -0.39 is 29.6 Å². The summed E-state index contributed by atoms with van der Waals surface area (Å²) in [7, 11) is 0. The van der Waals surface area contributed by atoms with Crippen molar-refractivity contribution >= 4 is 11.8 Å². The molecule has 0 saturated carbocycles. The van der Waals surface area contributed by atoms with E-state index in [0.717, 1.165) is 12.1 Å². The maximum atomic E-state index is 12.5. The van der Waals surface area contributed by atoms with Crippen LogP contribution in [0, 0.1) is 12.3 Å². The summed E-state index contributed by atoms with van der Waals surface area (Å²) in [5.74, 6) is 0.436. The maximum Gasteiger partial charge on any atom is 0.416 e. The summed E-state index contributed by atoms with van der Waals surface area (Å²) >= 11 is 0. The summed E-state index contributed by atoms with van der Waals surface area (Å²) in [6, 6.07) is 2.69. The molecule has 0 radical (unpaired) electrons. The largest absolute Gasteiger partial charge is 0.416 e. The average molecular weight is 284 g/mol. The number of benzene rings is 1. The number of carbonyl (C=O) groups excluding carboxylic acids is 2. The van der Waals surface area contributed by atoms with Crippen LogP contribution in [0.3, 0.4) is 0 Å². The third-order valence-electron chi connectivity index (χ3n) is 2.42. The van der Waals surface area contributed by atoms with Gasteiger partial charge >= 0.3 is 6.18 Å². The fraction of sp³-hybridized carbons (Fsp3) is 0.231. The highest BCUT2D eigenvalue weighted by Crippen LogP contribution is 2.29. The highest BCUT2D eigenvalue weighted by molar-refractivity contribution is 5.97. The Bertz CT molecular complexity index is 561. The molecule has 7 heteroatoms. The Morgan fingerprint density at radius 1 is 1.40 bits per heavy atom. The molecule has 0 bridgehead atoms. The van der Waals surface area contributed by atoms with Gasteiger partial charge in [-0.15, -0.1) is 12.3 Å². The molecule has 3 N–H and O–H groups in total. The van der Waals surface area contributed by atoms with Gasteiger partial charge in [0.1, 0.15) is 6.04 Å². The SMILES string of the molecule is C#CC[C@@H](NC(=O)c1cccc(C(F)(F)F)c1)C(N)=O. The Balaban J connectivity index is 2.93. The first-order valence-corrected chi connectivity index (χ1v) is 5.46. The van der Waals surface area contributed by atoms with Crippen molar-refractivity contribution in [2.75, 3.05) is 0 Å². The molecule has 20 heavy (non-hydrogen) atoms. The number of alkyl halides is 3. The molecule has 0 aromatic heterocycles. The Kier molecular flexibility index (Phi) is 4.75. The van der Waals surface area contributed by atoms with E-state index in [9.17, 15) is 22.8 Å².